The zero-order chi connectivity index (χ0) is 12.5. The van der Waals surface area contributed by atoms with Gasteiger partial charge in [0.25, 0.3) is 0 Å². The van der Waals surface area contributed by atoms with Crippen LogP contribution >= 0.6 is 11.3 Å². The van der Waals surface area contributed by atoms with E-state index in [1.54, 1.807) is 34.4 Å². The van der Waals surface area contributed by atoms with E-state index in [-0.39, 0.29) is 6.04 Å². The average Bonchev–Trinajstić information content (AvgIpc) is 2.95. The van der Waals surface area contributed by atoms with Crippen LogP contribution in [0.3, 0.4) is 0 Å². The number of nitrogens with two attached hydrogens (primary N) is 1. The minimum absolute atomic E-state index is 0.104. The van der Waals surface area contributed by atoms with E-state index in [4.69, 9.17) is 5.73 Å². The van der Waals surface area contributed by atoms with Crippen molar-refractivity contribution in [1.82, 2.24) is 19.6 Å². The van der Waals surface area contributed by atoms with Gasteiger partial charge >= 0.3 is 0 Å². The van der Waals surface area contributed by atoms with Gasteiger partial charge in [0.15, 0.2) is 0 Å². The Hall–Kier alpha value is -1.79. The molecule has 5 nitrogen and oxygen atoms in total. The maximum absolute atomic E-state index is 6.23. The number of hydrogen-bond acceptors (Lipinski definition) is 5. The first-order chi connectivity index (χ1) is 8.74. The minimum atomic E-state index is -0.104. The lowest BCUT2D eigenvalue weighted by molar-refractivity contribution is 0.714. The zero-order valence-electron chi connectivity index (χ0n) is 9.95. The molecule has 0 spiro atoms. The summed E-state index contributed by atoms with van der Waals surface area (Å²) in [5, 5.41) is 7.39. The lowest BCUT2D eigenvalue weighted by atomic mass is 10.1. The van der Waals surface area contributed by atoms with E-state index < -0.39 is 0 Å². The highest BCUT2D eigenvalue weighted by molar-refractivity contribution is 7.09. The Morgan fingerprint density at radius 2 is 2.33 bits per heavy atom. The SMILES string of the molecule is Cc1nc(CC(N)c2cnn3ccncc23)cs1. The summed E-state index contributed by atoms with van der Waals surface area (Å²) in [6, 6.07) is -0.104. The molecule has 3 rings (SSSR count). The van der Waals surface area contributed by atoms with Crippen LogP contribution in [0.4, 0.5) is 0 Å². The van der Waals surface area contributed by atoms with Crippen molar-refractivity contribution in [3.8, 4) is 0 Å². The second kappa shape index (κ2) is 4.47. The van der Waals surface area contributed by atoms with Gasteiger partial charge in [-0.3, -0.25) is 4.98 Å². The van der Waals surface area contributed by atoms with Gasteiger partial charge in [-0.2, -0.15) is 5.10 Å². The lowest BCUT2D eigenvalue weighted by Gasteiger charge is -2.08. The summed E-state index contributed by atoms with van der Waals surface area (Å²) in [7, 11) is 0. The fraction of sp³-hybridized carbons (Fsp3) is 0.250. The molecular weight excluding hydrogens is 246 g/mol. The van der Waals surface area contributed by atoms with Crippen LogP contribution < -0.4 is 5.73 Å². The van der Waals surface area contributed by atoms with Crippen molar-refractivity contribution in [1.29, 1.82) is 0 Å². The Bertz CT molecular complexity index is 672. The number of hydrogen-bond donors (Lipinski definition) is 1. The quantitative estimate of drug-likeness (QED) is 0.777. The summed E-state index contributed by atoms with van der Waals surface area (Å²) < 4.78 is 1.79. The Labute approximate surface area is 108 Å². The molecule has 18 heavy (non-hydrogen) atoms. The molecule has 3 heterocycles. The molecule has 3 aromatic heterocycles. The highest BCUT2D eigenvalue weighted by Gasteiger charge is 2.14. The van der Waals surface area contributed by atoms with Gasteiger partial charge in [-0.15, -0.1) is 11.3 Å². The third kappa shape index (κ3) is 2.00. The maximum atomic E-state index is 6.23. The number of rotatable bonds is 3. The minimum Gasteiger partial charge on any atom is -0.324 e. The Balaban J connectivity index is 1.90. The largest absolute Gasteiger partial charge is 0.324 e. The van der Waals surface area contributed by atoms with Crippen LogP contribution in [0.5, 0.6) is 0 Å². The molecule has 0 radical (unpaired) electrons. The van der Waals surface area contributed by atoms with Crippen LogP contribution in [-0.4, -0.2) is 19.6 Å². The molecule has 3 aromatic rings. The Morgan fingerprint density at radius 3 is 3.11 bits per heavy atom. The molecule has 1 atom stereocenters. The molecule has 0 saturated carbocycles. The summed E-state index contributed by atoms with van der Waals surface area (Å²) in [6.45, 7) is 2.00. The van der Waals surface area contributed by atoms with Crippen LogP contribution in [0, 0.1) is 6.92 Å². The second-order valence-corrected chi connectivity index (χ2v) is 5.24. The Morgan fingerprint density at radius 1 is 1.44 bits per heavy atom. The van der Waals surface area contributed by atoms with Gasteiger partial charge in [-0.05, 0) is 6.92 Å². The van der Waals surface area contributed by atoms with Gasteiger partial charge in [0.05, 0.1) is 28.6 Å². The number of nitrogens with zero attached hydrogens (tertiary/aromatic N) is 4. The predicted octanol–water partition coefficient (Wildman–Crippen LogP) is 1.74. The fourth-order valence-corrected chi connectivity index (χ4v) is 2.60. The first kappa shape index (κ1) is 11.3. The van der Waals surface area contributed by atoms with Crippen molar-refractivity contribution in [2.24, 2.45) is 5.73 Å². The summed E-state index contributed by atoms with van der Waals surface area (Å²) in [5.41, 5.74) is 9.23. The van der Waals surface area contributed by atoms with Crippen molar-refractivity contribution in [3.05, 3.63) is 46.4 Å². The van der Waals surface area contributed by atoms with Crippen LogP contribution in [0.15, 0.2) is 30.2 Å². The molecule has 0 aromatic carbocycles. The lowest BCUT2D eigenvalue weighted by Crippen LogP contribution is -2.13. The van der Waals surface area contributed by atoms with Gasteiger partial charge in [-0.1, -0.05) is 0 Å². The topological polar surface area (TPSA) is 69.1 Å². The van der Waals surface area contributed by atoms with Crippen molar-refractivity contribution >= 4 is 16.9 Å². The maximum Gasteiger partial charge on any atom is 0.0897 e. The number of aromatic nitrogens is 4. The molecule has 0 aliphatic rings. The molecule has 0 amide bonds. The number of aryl methyl sites for hydroxylation is 1. The molecule has 92 valence electrons. The van der Waals surface area contributed by atoms with Gasteiger partial charge in [0.1, 0.15) is 0 Å². The van der Waals surface area contributed by atoms with Crippen molar-refractivity contribution in [3.63, 3.8) is 0 Å². The fourth-order valence-electron chi connectivity index (χ4n) is 1.98. The molecular formula is C12H13N5S. The first-order valence-corrected chi connectivity index (χ1v) is 6.56. The van der Waals surface area contributed by atoms with E-state index in [9.17, 15) is 0 Å². The summed E-state index contributed by atoms with van der Waals surface area (Å²) in [5.74, 6) is 0. The number of fused-ring (bicyclic) bond motifs is 1. The highest BCUT2D eigenvalue weighted by Crippen LogP contribution is 2.21. The van der Waals surface area contributed by atoms with E-state index in [1.165, 1.54) is 0 Å². The van der Waals surface area contributed by atoms with Crippen molar-refractivity contribution < 1.29 is 0 Å². The van der Waals surface area contributed by atoms with Crippen molar-refractivity contribution in [2.75, 3.05) is 0 Å². The molecule has 0 aliphatic heterocycles. The van der Waals surface area contributed by atoms with Gasteiger partial charge in [-0.25, -0.2) is 9.50 Å². The summed E-state index contributed by atoms with van der Waals surface area (Å²) >= 11 is 1.65. The molecule has 0 fully saturated rings. The standard InChI is InChI=1S/C12H13N5S/c1-8-16-9(7-18-8)4-11(13)10-5-15-17-3-2-14-6-12(10)17/h2-3,5-7,11H,4,13H2,1H3. The highest BCUT2D eigenvalue weighted by atomic mass is 32.1. The molecule has 6 heteroatoms. The van der Waals surface area contributed by atoms with Crippen LogP contribution in [0.1, 0.15) is 22.3 Å². The van der Waals surface area contributed by atoms with Crippen LogP contribution in [0.2, 0.25) is 0 Å². The smallest absolute Gasteiger partial charge is 0.0897 e. The van der Waals surface area contributed by atoms with Gasteiger partial charge < -0.3 is 5.73 Å². The van der Waals surface area contributed by atoms with Crippen LogP contribution in [0.25, 0.3) is 5.52 Å². The van der Waals surface area contributed by atoms with Gasteiger partial charge in [0, 0.05) is 35.8 Å². The third-order valence-electron chi connectivity index (χ3n) is 2.85. The van der Waals surface area contributed by atoms with E-state index >= 15 is 0 Å². The van der Waals surface area contributed by atoms with E-state index in [2.05, 4.69) is 20.4 Å². The summed E-state index contributed by atoms with van der Waals surface area (Å²) in [6.07, 6.45) is 7.84. The summed E-state index contributed by atoms with van der Waals surface area (Å²) in [4.78, 5) is 8.55. The average molecular weight is 259 g/mol. The normalized spacial score (nSPS) is 13.0. The Kier molecular flexibility index (Phi) is 2.81. The zero-order valence-corrected chi connectivity index (χ0v) is 10.8. The molecule has 0 saturated heterocycles. The first-order valence-electron chi connectivity index (χ1n) is 5.68. The third-order valence-corrected chi connectivity index (χ3v) is 3.67. The molecule has 1 unspecified atom stereocenters. The molecule has 0 aliphatic carbocycles. The van der Waals surface area contributed by atoms with Gasteiger partial charge in [0.2, 0.25) is 0 Å². The molecule has 2 N–H and O–H groups in total. The predicted molar refractivity (Wildman–Crippen MR) is 70.5 cm³/mol. The number of thiazole rings is 1. The van der Waals surface area contributed by atoms with Crippen LogP contribution in [-0.2, 0) is 6.42 Å². The second-order valence-electron chi connectivity index (χ2n) is 4.17. The monoisotopic (exact) mass is 259 g/mol. The van der Waals surface area contributed by atoms with E-state index in [1.807, 2.05) is 13.1 Å². The van der Waals surface area contributed by atoms with E-state index in [0.29, 0.717) is 0 Å². The van der Waals surface area contributed by atoms with E-state index in [0.717, 1.165) is 28.2 Å². The van der Waals surface area contributed by atoms with Crippen molar-refractivity contribution in [2.45, 2.75) is 19.4 Å². The molecule has 0 bridgehead atoms.